The fourth-order valence-electron chi connectivity index (χ4n) is 8.92. The summed E-state index contributed by atoms with van der Waals surface area (Å²) in [6, 6.07) is 0. The molecular formula is C62H114O6. The summed E-state index contributed by atoms with van der Waals surface area (Å²) in [5.74, 6) is -0.874. The van der Waals surface area contributed by atoms with Crippen molar-refractivity contribution in [2.75, 3.05) is 13.2 Å². The van der Waals surface area contributed by atoms with E-state index in [1.54, 1.807) is 0 Å². The van der Waals surface area contributed by atoms with E-state index in [9.17, 15) is 14.4 Å². The molecule has 0 N–H and O–H groups in total. The lowest BCUT2D eigenvalue weighted by Crippen LogP contribution is -2.30. The highest BCUT2D eigenvalue weighted by Crippen LogP contribution is 2.17. The molecule has 0 radical (unpaired) electrons. The molecule has 0 heterocycles. The summed E-state index contributed by atoms with van der Waals surface area (Å²) in [6.45, 7) is 6.66. The molecule has 0 saturated heterocycles. The molecule has 0 amide bonds. The van der Waals surface area contributed by atoms with Gasteiger partial charge in [0.05, 0.1) is 0 Å². The molecule has 6 heteroatoms. The summed E-state index contributed by atoms with van der Waals surface area (Å²) in [5.41, 5.74) is 0. The van der Waals surface area contributed by atoms with Gasteiger partial charge in [0.15, 0.2) is 6.10 Å². The van der Waals surface area contributed by atoms with Gasteiger partial charge in [-0.3, -0.25) is 14.4 Å². The SMILES string of the molecule is CCCCCCC\C=C/C=C\C=C/CCCCCCCC(=O)OC(COC(=O)CCCCCCCCCCCCCCC)COC(=O)CCCCCCCCCCCCCCCCCCCCC. The molecular weight excluding hydrogens is 841 g/mol. The van der Waals surface area contributed by atoms with Crippen molar-refractivity contribution in [3.8, 4) is 0 Å². The number of carbonyl (C=O) groups excluding carboxylic acids is 3. The number of rotatable bonds is 55. The number of hydrogen-bond acceptors (Lipinski definition) is 6. The van der Waals surface area contributed by atoms with Crippen LogP contribution in [0, 0.1) is 0 Å². The summed E-state index contributed by atoms with van der Waals surface area (Å²) < 4.78 is 16.9. The average Bonchev–Trinajstić information content (AvgIpc) is 3.34. The van der Waals surface area contributed by atoms with Crippen LogP contribution in [0.2, 0.25) is 0 Å². The van der Waals surface area contributed by atoms with E-state index in [1.807, 2.05) is 0 Å². The van der Waals surface area contributed by atoms with Crippen molar-refractivity contribution in [2.45, 2.75) is 329 Å². The molecule has 0 aromatic rings. The van der Waals surface area contributed by atoms with Gasteiger partial charge < -0.3 is 14.2 Å². The Balaban J connectivity index is 4.35. The Kier molecular flexibility index (Phi) is 55.2. The Morgan fingerprint density at radius 3 is 0.809 bits per heavy atom. The topological polar surface area (TPSA) is 78.9 Å². The number of hydrogen-bond donors (Lipinski definition) is 0. The fourth-order valence-corrected chi connectivity index (χ4v) is 8.92. The second-order valence-corrected chi connectivity index (χ2v) is 20.3. The van der Waals surface area contributed by atoms with Crippen LogP contribution < -0.4 is 0 Å². The highest BCUT2D eigenvalue weighted by atomic mass is 16.6. The summed E-state index contributed by atoms with van der Waals surface area (Å²) in [4.78, 5) is 38.2. The van der Waals surface area contributed by atoms with Gasteiger partial charge in [0.1, 0.15) is 13.2 Å². The predicted octanol–water partition coefficient (Wildman–Crippen LogP) is 20.0. The quantitative estimate of drug-likeness (QED) is 0.0262. The van der Waals surface area contributed by atoms with Gasteiger partial charge in [-0.25, -0.2) is 0 Å². The standard InChI is InChI=1S/C62H114O6/c1-4-7-10-13-16-19-22-25-27-29-31-33-34-37-40-43-46-49-52-55-61(64)67-58-59(57-66-60(63)54-51-48-45-42-39-36-24-21-18-15-12-9-6-3)68-62(65)56-53-50-47-44-41-38-35-32-30-28-26-23-20-17-14-11-8-5-2/h23,26,28,30,32,35,59H,4-22,24-25,27,29,31,33-34,36-58H2,1-3H3/b26-23-,30-28-,35-32-. The van der Waals surface area contributed by atoms with Crippen LogP contribution in [0.4, 0.5) is 0 Å². The highest BCUT2D eigenvalue weighted by Gasteiger charge is 2.19. The van der Waals surface area contributed by atoms with Gasteiger partial charge in [-0.1, -0.05) is 295 Å². The third kappa shape index (κ3) is 54.6. The summed E-state index contributed by atoms with van der Waals surface area (Å²) in [7, 11) is 0. The smallest absolute Gasteiger partial charge is 0.306 e. The molecule has 0 spiro atoms. The van der Waals surface area contributed by atoms with Crippen molar-refractivity contribution < 1.29 is 28.6 Å². The van der Waals surface area contributed by atoms with Crippen LogP contribution in [0.1, 0.15) is 323 Å². The third-order valence-electron chi connectivity index (χ3n) is 13.5. The molecule has 0 aromatic heterocycles. The van der Waals surface area contributed by atoms with Gasteiger partial charge in [0, 0.05) is 19.3 Å². The molecule has 0 aliphatic heterocycles. The van der Waals surface area contributed by atoms with Crippen LogP contribution in [0.3, 0.4) is 0 Å². The van der Waals surface area contributed by atoms with E-state index in [2.05, 4.69) is 57.2 Å². The van der Waals surface area contributed by atoms with Gasteiger partial charge in [-0.15, -0.1) is 0 Å². The number of unbranched alkanes of at least 4 members (excludes halogenated alkanes) is 40. The van der Waals surface area contributed by atoms with E-state index in [1.165, 1.54) is 205 Å². The van der Waals surface area contributed by atoms with E-state index in [4.69, 9.17) is 14.2 Å². The summed E-state index contributed by atoms with van der Waals surface area (Å²) >= 11 is 0. The molecule has 1 atom stereocenters. The van der Waals surface area contributed by atoms with E-state index < -0.39 is 6.10 Å². The largest absolute Gasteiger partial charge is 0.462 e. The van der Waals surface area contributed by atoms with Crippen molar-refractivity contribution in [3.05, 3.63) is 36.5 Å². The van der Waals surface area contributed by atoms with Crippen LogP contribution in [-0.2, 0) is 28.6 Å². The van der Waals surface area contributed by atoms with E-state index in [0.29, 0.717) is 19.3 Å². The van der Waals surface area contributed by atoms with Gasteiger partial charge in [-0.2, -0.15) is 0 Å². The predicted molar refractivity (Wildman–Crippen MR) is 293 cm³/mol. The molecule has 0 saturated carbocycles. The normalized spacial score (nSPS) is 12.2. The number of carbonyl (C=O) groups is 3. The Labute approximate surface area is 423 Å². The van der Waals surface area contributed by atoms with Crippen molar-refractivity contribution in [2.24, 2.45) is 0 Å². The zero-order valence-electron chi connectivity index (χ0n) is 45.6. The van der Waals surface area contributed by atoms with Crippen molar-refractivity contribution >= 4 is 17.9 Å². The second-order valence-electron chi connectivity index (χ2n) is 20.3. The lowest BCUT2D eigenvalue weighted by atomic mass is 10.0. The first-order chi connectivity index (χ1) is 33.5. The minimum absolute atomic E-state index is 0.0756. The van der Waals surface area contributed by atoms with Crippen LogP contribution in [0.15, 0.2) is 36.5 Å². The van der Waals surface area contributed by atoms with Crippen LogP contribution in [-0.4, -0.2) is 37.2 Å². The van der Waals surface area contributed by atoms with Crippen LogP contribution in [0.5, 0.6) is 0 Å². The van der Waals surface area contributed by atoms with E-state index in [-0.39, 0.29) is 31.1 Å². The summed E-state index contributed by atoms with van der Waals surface area (Å²) in [6.07, 6.45) is 68.5. The summed E-state index contributed by atoms with van der Waals surface area (Å²) in [5, 5.41) is 0. The molecule has 0 aliphatic carbocycles. The molecule has 0 fully saturated rings. The van der Waals surface area contributed by atoms with Gasteiger partial charge in [-0.05, 0) is 44.9 Å². The molecule has 6 nitrogen and oxygen atoms in total. The number of esters is 3. The fraction of sp³-hybridized carbons (Fsp3) is 0.855. The zero-order chi connectivity index (χ0) is 49.3. The number of allylic oxidation sites excluding steroid dienone is 6. The lowest BCUT2D eigenvalue weighted by Gasteiger charge is -2.18. The van der Waals surface area contributed by atoms with Crippen molar-refractivity contribution in [1.29, 1.82) is 0 Å². The average molecular weight is 956 g/mol. The molecule has 68 heavy (non-hydrogen) atoms. The molecule has 0 bridgehead atoms. The van der Waals surface area contributed by atoms with Crippen LogP contribution >= 0.6 is 0 Å². The Morgan fingerprint density at radius 2 is 0.529 bits per heavy atom. The maximum absolute atomic E-state index is 12.9. The zero-order valence-corrected chi connectivity index (χ0v) is 45.6. The monoisotopic (exact) mass is 955 g/mol. The number of ether oxygens (including phenoxy) is 3. The van der Waals surface area contributed by atoms with E-state index >= 15 is 0 Å². The Bertz CT molecular complexity index is 1140. The van der Waals surface area contributed by atoms with Gasteiger partial charge >= 0.3 is 17.9 Å². The molecule has 0 aromatic carbocycles. The van der Waals surface area contributed by atoms with E-state index in [0.717, 1.165) is 77.0 Å². The minimum atomic E-state index is -0.779. The van der Waals surface area contributed by atoms with Crippen molar-refractivity contribution in [3.63, 3.8) is 0 Å². The van der Waals surface area contributed by atoms with Crippen LogP contribution in [0.25, 0.3) is 0 Å². The highest BCUT2D eigenvalue weighted by molar-refractivity contribution is 5.71. The maximum Gasteiger partial charge on any atom is 0.306 e. The molecule has 1 unspecified atom stereocenters. The first kappa shape index (κ1) is 65.6. The Morgan fingerprint density at radius 1 is 0.294 bits per heavy atom. The Hall–Kier alpha value is -2.37. The first-order valence-electron chi connectivity index (χ1n) is 30.0. The molecule has 0 rings (SSSR count). The minimum Gasteiger partial charge on any atom is -0.462 e. The van der Waals surface area contributed by atoms with Gasteiger partial charge in [0.2, 0.25) is 0 Å². The second kappa shape index (κ2) is 57.2. The maximum atomic E-state index is 12.9. The lowest BCUT2D eigenvalue weighted by molar-refractivity contribution is -0.167. The third-order valence-corrected chi connectivity index (χ3v) is 13.5. The first-order valence-corrected chi connectivity index (χ1v) is 30.0. The molecule has 398 valence electrons. The molecule has 0 aliphatic rings. The van der Waals surface area contributed by atoms with Gasteiger partial charge in [0.25, 0.3) is 0 Å². The van der Waals surface area contributed by atoms with Crippen molar-refractivity contribution in [1.82, 2.24) is 0 Å².